The van der Waals surface area contributed by atoms with Gasteiger partial charge in [0.15, 0.2) is 5.82 Å². The Morgan fingerprint density at radius 2 is 1.85 bits per heavy atom. The number of hydrogen-bond acceptors (Lipinski definition) is 9. The second-order valence-electron chi connectivity index (χ2n) is 7.08. The van der Waals surface area contributed by atoms with Crippen LogP contribution in [0.25, 0.3) is 16.6 Å². The summed E-state index contributed by atoms with van der Waals surface area (Å²) in [6.07, 6.45) is 0. The molecule has 5 N–H and O–H groups in total. The molecule has 162 valence electrons. The molecule has 2 aromatic carbocycles. The molecular formula is C22H16FN9O. The zero-order valence-electron chi connectivity index (χ0n) is 17.2. The summed E-state index contributed by atoms with van der Waals surface area (Å²) in [5.74, 6) is -0.722. The highest BCUT2D eigenvalue weighted by molar-refractivity contribution is 5.79. The van der Waals surface area contributed by atoms with E-state index < -0.39 is 17.4 Å². The molecule has 0 saturated heterocycles. The van der Waals surface area contributed by atoms with Crippen LogP contribution in [-0.4, -0.2) is 19.5 Å². The first kappa shape index (κ1) is 21.2. The Hall–Kier alpha value is -5.03. The van der Waals surface area contributed by atoms with Crippen LogP contribution in [0.4, 0.5) is 22.0 Å². The Bertz CT molecular complexity index is 1550. The van der Waals surface area contributed by atoms with Crippen molar-refractivity contribution in [2.75, 3.05) is 16.8 Å². The van der Waals surface area contributed by atoms with E-state index in [-0.39, 0.29) is 39.9 Å². The predicted octanol–water partition coefficient (Wildman–Crippen LogP) is 2.40. The quantitative estimate of drug-likeness (QED) is 0.430. The van der Waals surface area contributed by atoms with Gasteiger partial charge in [0, 0.05) is 0 Å². The number of halogens is 1. The Labute approximate surface area is 186 Å². The SMILES string of the molecule is CC(Nc1nc(N)nc(N)c1C#N)c1nc2cccc(F)c2c(=O)n1-c1cccc(C#N)c1. The molecule has 0 bridgehead atoms. The van der Waals surface area contributed by atoms with E-state index in [2.05, 4.69) is 20.3 Å². The minimum Gasteiger partial charge on any atom is -0.382 e. The maximum Gasteiger partial charge on any atom is 0.269 e. The number of nitriles is 2. The highest BCUT2D eigenvalue weighted by Gasteiger charge is 2.22. The summed E-state index contributed by atoms with van der Waals surface area (Å²) >= 11 is 0. The van der Waals surface area contributed by atoms with Gasteiger partial charge in [-0.15, -0.1) is 0 Å². The molecule has 1 unspecified atom stereocenters. The lowest BCUT2D eigenvalue weighted by Gasteiger charge is -2.21. The van der Waals surface area contributed by atoms with Crippen LogP contribution in [0.5, 0.6) is 0 Å². The van der Waals surface area contributed by atoms with Crippen LogP contribution in [0.2, 0.25) is 0 Å². The first-order chi connectivity index (χ1) is 15.8. The van der Waals surface area contributed by atoms with Crippen molar-refractivity contribution in [2.24, 2.45) is 0 Å². The van der Waals surface area contributed by atoms with Gasteiger partial charge in [-0.25, -0.2) is 9.37 Å². The number of nitrogens with two attached hydrogens (primary N) is 2. The highest BCUT2D eigenvalue weighted by atomic mass is 19.1. The first-order valence-electron chi connectivity index (χ1n) is 9.65. The molecule has 33 heavy (non-hydrogen) atoms. The van der Waals surface area contributed by atoms with E-state index in [0.29, 0.717) is 11.3 Å². The summed E-state index contributed by atoms with van der Waals surface area (Å²) < 4.78 is 15.8. The number of aromatic nitrogens is 4. The minimum absolute atomic E-state index is 0.0248. The topological polar surface area (TPSA) is 172 Å². The Morgan fingerprint density at radius 1 is 1.09 bits per heavy atom. The van der Waals surface area contributed by atoms with Gasteiger partial charge in [0.05, 0.1) is 28.9 Å². The predicted molar refractivity (Wildman–Crippen MR) is 120 cm³/mol. The zero-order chi connectivity index (χ0) is 23.7. The fourth-order valence-electron chi connectivity index (χ4n) is 3.44. The molecule has 10 nitrogen and oxygen atoms in total. The van der Waals surface area contributed by atoms with Gasteiger partial charge in [0.1, 0.15) is 34.5 Å². The van der Waals surface area contributed by atoms with Gasteiger partial charge >= 0.3 is 0 Å². The van der Waals surface area contributed by atoms with Crippen molar-refractivity contribution in [1.29, 1.82) is 10.5 Å². The van der Waals surface area contributed by atoms with E-state index in [0.717, 1.165) is 0 Å². The molecule has 0 saturated carbocycles. The van der Waals surface area contributed by atoms with Crippen molar-refractivity contribution in [1.82, 2.24) is 19.5 Å². The van der Waals surface area contributed by atoms with Gasteiger partial charge in [-0.05, 0) is 37.3 Å². The number of benzene rings is 2. The average Bonchev–Trinajstić information content (AvgIpc) is 2.78. The van der Waals surface area contributed by atoms with E-state index in [9.17, 15) is 19.7 Å². The van der Waals surface area contributed by atoms with E-state index in [1.807, 2.05) is 12.1 Å². The molecule has 11 heteroatoms. The fraction of sp³-hybridized carbons (Fsp3) is 0.0909. The molecule has 2 aromatic heterocycles. The standard InChI is InChI=1S/C22H16FN9O/c1-11(28-19-14(10-25)18(26)30-22(27)31-19)20-29-16-7-3-6-15(23)17(16)21(33)32(20)13-5-2-4-12(8-13)9-24/h2-8,11H,1H3,(H5,26,27,28,30,31). The van der Waals surface area contributed by atoms with Crippen molar-refractivity contribution in [3.8, 4) is 17.8 Å². The number of nitrogens with one attached hydrogen (secondary N) is 1. The summed E-state index contributed by atoms with van der Waals surface area (Å²) in [4.78, 5) is 25.7. The van der Waals surface area contributed by atoms with Gasteiger partial charge in [0.25, 0.3) is 5.56 Å². The molecule has 0 fully saturated rings. The molecular weight excluding hydrogens is 425 g/mol. The first-order valence-corrected chi connectivity index (χ1v) is 9.65. The summed E-state index contributed by atoms with van der Waals surface area (Å²) in [5.41, 5.74) is 11.6. The second kappa shape index (κ2) is 8.24. The Balaban J connectivity index is 1.96. The van der Waals surface area contributed by atoms with Crippen molar-refractivity contribution in [2.45, 2.75) is 13.0 Å². The lowest BCUT2D eigenvalue weighted by atomic mass is 10.1. The summed E-state index contributed by atoms with van der Waals surface area (Å²) in [6, 6.07) is 13.6. The van der Waals surface area contributed by atoms with Gasteiger partial charge in [0.2, 0.25) is 5.95 Å². The smallest absolute Gasteiger partial charge is 0.269 e. The molecule has 2 heterocycles. The van der Waals surface area contributed by atoms with Gasteiger partial charge in [-0.2, -0.15) is 20.5 Å². The van der Waals surface area contributed by atoms with Crippen LogP contribution in [0.3, 0.4) is 0 Å². The maximum absolute atomic E-state index is 14.6. The summed E-state index contributed by atoms with van der Waals surface area (Å²) in [6.45, 7) is 1.67. The molecule has 0 aliphatic heterocycles. The number of nitrogen functional groups attached to an aromatic ring is 2. The third-order valence-electron chi connectivity index (χ3n) is 4.91. The van der Waals surface area contributed by atoms with Crippen molar-refractivity contribution >= 4 is 28.5 Å². The van der Waals surface area contributed by atoms with Gasteiger partial charge < -0.3 is 16.8 Å². The van der Waals surface area contributed by atoms with E-state index >= 15 is 0 Å². The average molecular weight is 441 g/mol. The number of rotatable bonds is 4. The number of anilines is 3. The third-order valence-corrected chi connectivity index (χ3v) is 4.91. The van der Waals surface area contributed by atoms with Crippen LogP contribution < -0.4 is 22.3 Å². The number of nitrogens with zero attached hydrogens (tertiary/aromatic N) is 6. The van der Waals surface area contributed by atoms with Gasteiger partial charge in [-0.1, -0.05) is 12.1 Å². The van der Waals surface area contributed by atoms with Crippen LogP contribution in [0.1, 0.15) is 29.9 Å². The lowest BCUT2D eigenvalue weighted by molar-refractivity contribution is 0.635. The molecule has 0 radical (unpaired) electrons. The van der Waals surface area contributed by atoms with Gasteiger partial charge in [-0.3, -0.25) is 9.36 Å². The molecule has 1 atom stereocenters. The Kier molecular flexibility index (Phi) is 5.30. The molecule has 4 aromatic rings. The molecule has 0 spiro atoms. The molecule has 0 aliphatic carbocycles. The fourth-order valence-corrected chi connectivity index (χ4v) is 3.44. The second-order valence-corrected chi connectivity index (χ2v) is 7.08. The summed E-state index contributed by atoms with van der Waals surface area (Å²) in [5, 5.41) is 21.5. The molecule has 0 aliphatic rings. The molecule has 4 rings (SSSR count). The maximum atomic E-state index is 14.6. The van der Waals surface area contributed by atoms with Crippen LogP contribution in [0, 0.1) is 28.5 Å². The molecule has 0 amide bonds. The monoisotopic (exact) mass is 441 g/mol. The lowest BCUT2D eigenvalue weighted by Crippen LogP contribution is -2.28. The van der Waals surface area contributed by atoms with Crippen molar-refractivity contribution < 1.29 is 4.39 Å². The van der Waals surface area contributed by atoms with Crippen molar-refractivity contribution in [3.63, 3.8) is 0 Å². The van der Waals surface area contributed by atoms with E-state index in [1.165, 1.54) is 28.8 Å². The van der Waals surface area contributed by atoms with Crippen LogP contribution in [-0.2, 0) is 0 Å². The number of fused-ring (bicyclic) bond motifs is 1. The van der Waals surface area contributed by atoms with Crippen molar-refractivity contribution in [3.05, 3.63) is 75.6 Å². The minimum atomic E-state index is -0.725. The van der Waals surface area contributed by atoms with Crippen LogP contribution >= 0.6 is 0 Å². The third kappa shape index (κ3) is 3.75. The van der Waals surface area contributed by atoms with E-state index in [4.69, 9.17) is 11.5 Å². The van der Waals surface area contributed by atoms with E-state index in [1.54, 1.807) is 25.1 Å². The summed E-state index contributed by atoms with van der Waals surface area (Å²) in [7, 11) is 0. The zero-order valence-corrected chi connectivity index (χ0v) is 17.2. The highest BCUT2D eigenvalue weighted by Crippen LogP contribution is 2.25. The largest absolute Gasteiger partial charge is 0.382 e. The Morgan fingerprint density at radius 3 is 2.58 bits per heavy atom. The van der Waals surface area contributed by atoms with Crippen LogP contribution in [0.15, 0.2) is 47.3 Å². The normalized spacial score (nSPS) is 11.5. The number of hydrogen-bond donors (Lipinski definition) is 3.